The summed E-state index contributed by atoms with van der Waals surface area (Å²) in [6.45, 7) is 0.310. The number of halogens is 2. The number of anilines is 1. The summed E-state index contributed by atoms with van der Waals surface area (Å²) in [6.07, 6.45) is 0.403. The molecule has 0 aliphatic carbocycles. The largest absolute Gasteiger partial charge is 0.332 e. The van der Waals surface area contributed by atoms with Gasteiger partial charge < -0.3 is 4.90 Å². The first kappa shape index (κ1) is 13.9. The number of nitrogens with zero attached hydrogens (tertiary/aromatic N) is 2. The van der Waals surface area contributed by atoms with Crippen LogP contribution in [0.15, 0.2) is 42.5 Å². The maximum Gasteiger partial charge on any atom is 0.332 e. The van der Waals surface area contributed by atoms with Crippen molar-refractivity contribution in [2.45, 2.75) is 19.0 Å². The molecular formula is C17H12F2N2O2. The summed E-state index contributed by atoms with van der Waals surface area (Å²) >= 11 is 0. The number of amides is 3. The van der Waals surface area contributed by atoms with E-state index in [0.717, 1.165) is 28.2 Å². The standard InChI is InChI=1S/C17H12F2N2O2/c18-12-5-6-14(13(19)8-12)21-16(22)15-7-10-3-1-2-4-11(10)9-20(15)17(21)23/h1-6,8,15H,7,9H2/t15-/m1/s1. The Labute approximate surface area is 130 Å². The van der Waals surface area contributed by atoms with E-state index in [-0.39, 0.29) is 5.69 Å². The van der Waals surface area contributed by atoms with Crippen molar-refractivity contribution in [3.8, 4) is 0 Å². The van der Waals surface area contributed by atoms with Crippen LogP contribution in [-0.2, 0) is 17.8 Å². The third kappa shape index (κ3) is 2.02. The second-order valence-electron chi connectivity index (χ2n) is 5.67. The summed E-state index contributed by atoms with van der Waals surface area (Å²) in [7, 11) is 0. The molecule has 116 valence electrons. The van der Waals surface area contributed by atoms with Crippen LogP contribution in [0.3, 0.4) is 0 Å². The van der Waals surface area contributed by atoms with Crippen LogP contribution in [0.4, 0.5) is 19.3 Å². The molecule has 2 aliphatic heterocycles. The number of urea groups is 1. The fourth-order valence-corrected chi connectivity index (χ4v) is 3.20. The second kappa shape index (κ2) is 4.87. The van der Waals surface area contributed by atoms with Gasteiger partial charge in [0.2, 0.25) is 0 Å². The number of imide groups is 1. The van der Waals surface area contributed by atoms with Gasteiger partial charge in [0.1, 0.15) is 17.7 Å². The molecular weight excluding hydrogens is 302 g/mol. The Morgan fingerprint density at radius 3 is 2.48 bits per heavy atom. The summed E-state index contributed by atoms with van der Waals surface area (Å²) in [6, 6.07) is 9.20. The molecule has 0 radical (unpaired) electrons. The van der Waals surface area contributed by atoms with Gasteiger partial charge in [0.25, 0.3) is 5.91 Å². The lowest BCUT2D eigenvalue weighted by atomic mass is 9.95. The van der Waals surface area contributed by atoms with Gasteiger partial charge in [0.05, 0.1) is 5.69 Å². The zero-order valence-electron chi connectivity index (χ0n) is 12.0. The van der Waals surface area contributed by atoms with Gasteiger partial charge in [-0.1, -0.05) is 24.3 Å². The van der Waals surface area contributed by atoms with Gasteiger partial charge in [0, 0.05) is 19.0 Å². The molecule has 1 fully saturated rings. The summed E-state index contributed by atoms with van der Waals surface area (Å²) in [4.78, 5) is 27.4. The first-order valence-electron chi connectivity index (χ1n) is 7.22. The lowest BCUT2D eigenvalue weighted by Crippen LogP contribution is -2.39. The normalized spacial score (nSPS) is 19.8. The monoisotopic (exact) mass is 314 g/mol. The molecule has 0 spiro atoms. The van der Waals surface area contributed by atoms with Gasteiger partial charge in [-0.15, -0.1) is 0 Å². The van der Waals surface area contributed by atoms with Gasteiger partial charge in [-0.2, -0.15) is 0 Å². The summed E-state index contributed by atoms with van der Waals surface area (Å²) in [5, 5.41) is 0. The van der Waals surface area contributed by atoms with E-state index >= 15 is 0 Å². The number of carbonyl (C=O) groups excluding carboxylic acids is 2. The first-order chi connectivity index (χ1) is 11.1. The minimum atomic E-state index is -0.927. The zero-order chi connectivity index (χ0) is 16.1. The van der Waals surface area contributed by atoms with Crippen molar-refractivity contribution < 1.29 is 18.4 Å². The van der Waals surface area contributed by atoms with Crippen LogP contribution in [-0.4, -0.2) is 22.9 Å². The minimum absolute atomic E-state index is 0.208. The molecule has 2 aromatic carbocycles. The van der Waals surface area contributed by atoms with E-state index in [0.29, 0.717) is 19.0 Å². The molecule has 23 heavy (non-hydrogen) atoms. The summed E-state index contributed by atoms with van der Waals surface area (Å²) in [5.41, 5.74) is 1.78. The van der Waals surface area contributed by atoms with E-state index in [9.17, 15) is 18.4 Å². The van der Waals surface area contributed by atoms with E-state index in [1.807, 2.05) is 24.3 Å². The molecule has 2 heterocycles. The predicted molar refractivity (Wildman–Crippen MR) is 78.7 cm³/mol. The van der Waals surface area contributed by atoms with Gasteiger partial charge in [-0.3, -0.25) is 4.79 Å². The minimum Gasteiger partial charge on any atom is -0.307 e. The van der Waals surface area contributed by atoms with Crippen LogP contribution in [0, 0.1) is 11.6 Å². The molecule has 1 atom stereocenters. The van der Waals surface area contributed by atoms with Crippen LogP contribution >= 0.6 is 0 Å². The Morgan fingerprint density at radius 1 is 1.00 bits per heavy atom. The molecule has 2 aliphatic rings. The quantitative estimate of drug-likeness (QED) is 0.760. The number of carbonyl (C=O) groups is 2. The van der Waals surface area contributed by atoms with Crippen molar-refractivity contribution in [3.05, 3.63) is 65.2 Å². The van der Waals surface area contributed by atoms with Crippen LogP contribution in [0.1, 0.15) is 11.1 Å². The van der Waals surface area contributed by atoms with Crippen molar-refractivity contribution in [1.29, 1.82) is 0 Å². The lowest BCUT2D eigenvalue weighted by Gasteiger charge is -2.28. The van der Waals surface area contributed by atoms with E-state index in [2.05, 4.69) is 0 Å². The molecule has 3 amide bonds. The zero-order valence-corrected chi connectivity index (χ0v) is 12.0. The highest BCUT2D eigenvalue weighted by Gasteiger charge is 2.48. The third-order valence-electron chi connectivity index (χ3n) is 4.34. The molecule has 0 unspecified atom stereocenters. The van der Waals surface area contributed by atoms with Crippen molar-refractivity contribution in [1.82, 2.24) is 4.90 Å². The Bertz CT molecular complexity index is 794. The van der Waals surface area contributed by atoms with Crippen LogP contribution in [0.25, 0.3) is 0 Å². The maximum atomic E-state index is 14.0. The molecule has 0 saturated carbocycles. The smallest absolute Gasteiger partial charge is 0.307 e. The third-order valence-corrected chi connectivity index (χ3v) is 4.34. The SMILES string of the molecule is O=C1[C@H]2Cc3ccccc3CN2C(=O)N1c1ccc(F)cc1F. The number of hydrogen-bond acceptors (Lipinski definition) is 2. The molecule has 4 rings (SSSR count). The average molecular weight is 314 g/mol. The van der Waals surface area contributed by atoms with Gasteiger partial charge in [0.15, 0.2) is 0 Å². The van der Waals surface area contributed by atoms with Crippen LogP contribution in [0.2, 0.25) is 0 Å². The van der Waals surface area contributed by atoms with Gasteiger partial charge in [-0.25, -0.2) is 18.5 Å². The number of rotatable bonds is 1. The average Bonchev–Trinajstić information content (AvgIpc) is 2.77. The molecule has 0 N–H and O–H groups in total. The van der Waals surface area contributed by atoms with Crippen LogP contribution in [0.5, 0.6) is 0 Å². The maximum absolute atomic E-state index is 14.0. The summed E-state index contributed by atoms with van der Waals surface area (Å²) in [5.74, 6) is -2.16. The van der Waals surface area contributed by atoms with E-state index in [1.54, 1.807) is 0 Å². The lowest BCUT2D eigenvalue weighted by molar-refractivity contribution is -0.120. The topological polar surface area (TPSA) is 40.6 Å². The van der Waals surface area contributed by atoms with Crippen molar-refractivity contribution in [2.75, 3.05) is 4.90 Å². The summed E-state index contributed by atoms with van der Waals surface area (Å²) < 4.78 is 27.0. The van der Waals surface area contributed by atoms with Gasteiger partial charge in [-0.05, 0) is 23.3 Å². The fourth-order valence-electron chi connectivity index (χ4n) is 3.20. The Kier molecular flexibility index (Phi) is 2.94. The molecule has 1 saturated heterocycles. The number of hydrogen-bond donors (Lipinski definition) is 0. The van der Waals surface area contributed by atoms with Crippen molar-refractivity contribution in [2.24, 2.45) is 0 Å². The highest BCUT2D eigenvalue weighted by molar-refractivity contribution is 6.21. The molecule has 0 bridgehead atoms. The van der Waals surface area contributed by atoms with E-state index in [4.69, 9.17) is 0 Å². The first-order valence-corrected chi connectivity index (χ1v) is 7.22. The van der Waals surface area contributed by atoms with Crippen LogP contribution < -0.4 is 4.90 Å². The molecule has 4 nitrogen and oxygen atoms in total. The Morgan fingerprint density at radius 2 is 1.74 bits per heavy atom. The highest BCUT2D eigenvalue weighted by atomic mass is 19.1. The molecule has 6 heteroatoms. The number of fused-ring (bicyclic) bond motifs is 2. The Balaban J connectivity index is 1.74. The van der Waals surface area contributed by atoms with E-state index < -0.39 is 29.6 Å². The molecule has 0 aromatic heterocycles. The molecule has 2 aromatic rings. The highest BCUT2D eigenvalue weighted by Crippen LogP contribution is 2.33. The second-order valence-corrected chi connectivity index (χ2v) is 5.67. The van der Waals surface area contributed by atoms with Crippen molar-refractivity contribution >= 4 is 17.6 Å². The predicted octanol–water partition coefficient (Wildman–Crippen LogP) is 2.86. The van der Waals surface area contributed by atoms with Crippen molar-refractivity contribution in [3.63, 3.8) is 0 Å². The Hall–Kier alpha value is -2.76. The van der Waals surface area contributed by atoms with E-state index in [1.165, 1.54) is 4.90 Å². The number of benzene rings is 2. The van der Waals surface area contributed by atoms with Gasteiger partial charge >= 0.3 is 6.03 Å². The fraction of sp³-hybridized carbons (Fsp3) is 0.176.